The van der Waals surface area contributed by atoms with Gasteiger partial charge in [0, 0.05) is 11.0 Å². The Morgan fingerprint density at radius 2 is 1.59 bits per heavy atom. The maximum Gasteiger partial charge on any atom is 0.238 e. The fraction of sp³-hybridized carbons (Fsp3) is 0.636. The van der Waals surface area contributed by atoms with Crippen molar-refractivity contribution in [2.75, 3.05) is 6.54 Å². The van der Waals surface area contributed by atoms with Crippen LogP contribution in [0.1, 0.15) is 59.9 Å². The smallest absolute Gasteiger partial charge is 0.238 e. The van der Waals surface area contributed by atoms with Crippen LogP contribution in [0.15, 0.2) is 30.3 Å². The Labute approximate surface area is 164 Å². The van der Waals surface area contributed by atoms with E-state index in [9.17, 15) is 9.59 Å². The molecular weight excluding hydrogens is 338 g/mol. The molecule has 5 nitrogen and oxygen atoms in total. The van der Waals surface area contributed by atoms with Gasteiger partial charge in [0.05, 0.1) is 18.6 Å². The normalized spacial score (nSPS) is 14.5. The highest BCUT2D eigenvalue weighted by Crippen LogP contribution is 2.19. The Bertz CT molecular complexity index is 600. The summed E-state index contributed by atoms with van der Waals surface area (Å²) in [5.74, 6) is -0.0565. The Morgan fingerprint density at radius 3 is 2.07 bits per heavy atom. The zero-order valence-electron chi connectivity index (χ0n) is 17.9. The van der Waals surface area contributed by atoms with Crippen molar-refractivity contribution in [2.45, 2.75) is 78.4 Å². The van der Waals surface area contributed by atoms with Crippen molar-refractivity contribution < 1.29 is 15.3 Å². The molecule has 1 amide bonds. The lowest BCUT2D eigenvalue weighted by molar-refractivity contribution is -0.368. The van der Waals surface area contributed by atoms with Crippen LogP contribution in [0.4, 0.5) is 0 Å². The average Bonchev–Trinajstić information content (AvgIpc) is 2.56. The van der Waals surface area contributed by atoms with E-state index in [-0.39, 0.29) is 17.2 Å². The summed E-state index contributed by atoms with van der Waals surface area (Å²) in [7, 11) is 0. The van der Waals surface area contributed by atoms with Crippen molar-refractivity contribution in [1.82, 2.24) is 10.6 Å². The topological polar surface area (TPSA) is 85.8 Å². The summed E-state index contributed by atoms with van der Waals surface area (Å²) in [5, 5.41) is 6.43. The molecule has 0 saturated heterocycles. The van der Waals surface area contributed by atoms with Gasteiger partial charge in [-0.25, -0.2) is 0 Å². The molecule has 0 saturated carbocycles. The van der Waals surface area contributed by atoms with Gasteiger partial charge >= 0.3 is 0 Å². The molecule has 2 unspecified atom stereocenters. The maximum absolute atomic E-state index is 13.1. The molecule has 0 fully saturated rings. The average molecular weight is 377 g/mol. The van der Waals surface area contributed by atoms with Crippen molar-refractivity contribution >= 4 is 11.7 Å². The minimum Gasteiger partial charge on any atom is -0.358 e. The number of rotatable bonds is 9. The Hall–Kier alpha value is -1.72. The summed E-state index contributed by atoms with van der Waals surface area (Å²) in [4.78, 5) is 25.9. The number of amides is 1. The lowest BCUT2D eigenvalue weighted by Crippen LogP contribution is -2.57. The third-order valence-electron chi connectivity index (χ3n) is 4.32. The molecule has 1 aromatic rings. The van der Waals surface area contributed by atoms with E-state index in [1.807, 2.05) is 71.9 Å². The van der Waals surface area contributed by atoms with E-state index in [0.29, 0.717) is 12.8 Å². The van der Waals surface area contributed by atoms with Gasteiger partial charge in [0.1, 0.15) is 0 Å². The van der Waals surface area contributed by atoms with Crippen LogP contribution in [-0.4, -0.2) is 35.9 Å². The molecule has 2 atom stereocenters. The van der Waals surface area contributed by atoms with Crippen molar-refractivity contribution in [1.29, 1.82) is 0 Å². The second-order valence-corrected chi connectivity index (χ2v) is 9.31. The number of carbonyl (C=O) groups is 2. The first-order chi connectivity index (χ1) is 12.4. The number of Topliss-reactive ketones (excluding diaryl/α,β-unsaturated/α-hetero) is 1. The summed E-state index contributed by atoms with van der Waals surface area (Å²) < 4.78 is 0. The standard InChI is InChI=1S/C22H37N3O2/c1-21(2,3)19(26)17(13-10-14-23)24-20(27)18(25-22(4,5)6)15-16-11-8-7-9-12-16/h7-9,11-12,17-18,25H,10,13-15,23H2,1-6H3,(H,24,27)/p+1. The van der Waals surface area contributed by atoms with E-state index < -0.39 is 17.5 Å². The molecule has 1 aromatic carbocycles. The van der Waals surface area contributed by atoms with Crippen molar-refractivity contribution in [3.05, 3.63) is 35.9 Å². The number of carbonyl (C=O) groups excluding carboxylic acids is 2. The Balaban J connectivity index is 2.97. The van der Waals surface area contributed by atoms with Crippen LogP contribution >= 0.6 is 0 Å². The second kappa shape index (κ2) is 10.00. The van der Waals surface area contributed by atoms with Crippen LogP contribution in [0.25, 0.3) is 0 Å². The van der Waals surface area contributed by atoms with Crippen molar-refractivity contribution in [2.24, 2.45) is 5.41 Å². The summed E-state index contributed by atoms with van der Waals surface area (Å²) >= 11 is 0. The first kappa shape index (κ1) is 23.3. The molecule has 0 spiro atoms. The first-order valence-corrected chi connectivity index (χ1v) is 9.89. The Morgan fingerprint density at radius 1 is 1.00 bits per heavy atom. The molecule has 0 radical (unpaired) electrons. The quantitative estimate of drug-likeness (QED) is 0.617. The van der Waals surface area contributed by atoms with Gasteiger partial charge in [0.25, 0.3) is 0 Å². The zero-order chi connectivity index (χ0) is 20.7. The van der Waals surface area contributed by atoms with E-state index >= 15 is 0 Å². The summed E-state index contributed by atoms with van der Waals surface area (Å²) in [6, 6.07) is 9.08. The molecule has 0 aromatic heterocycles. The van der Waals surface area contributed by atoms with Gasteiger partial charge in [0.2, 0.25) is 5.91 Å². The number of benzene rings is 1. The summed E-state index contributed by atoms with van der Waals surface area (Å²) in [6.07, 6.45) is 2.01. The van der Waals surface area contributed by atoms with E-state index in [1.54, 1.807) is 0 Å². The third kappa shape index (κ3) is 8.67. The SMILES string of the molecule is CC(C)(C)NC(Cc1ccccc1)C(=O)NC(CCC[NH3+])C(=O)C(C)(C)C. The number of nitrogens with one attached hydrogen (secondary N) is 2. The van der Waals surface area contributed by atoms with Gasteiger partial charge in [-0.05, 0) is 45.6 Å². The summed E-state index contributed by atoms with van der Waals surface area (Å²) in [5.41, 5.74) is 4.24. The van der Waals surface area contributed by atoms with Crippen molar-refractivity contribution in [3.63, 3.8) is 0 Å². The van der Waals surface area contributed by atoms with Crippen molar-refractivity contribution in [3.8, 4) is 0 Å². The van der Waals surface area contributed by atoms with Crippen LogP contribution < -0.4 is 16.4 Å². The van der Waals surface area contributed by atoms with Crippen LogP contribution in [-0.2, 0) is 16.0 Å². The predicted molar refractivity (Wildman–Crippen MR) is 110 cm³/mol. The molecule has 0 bridgehead atoms. The third-order valence-corrected chi connectivity index (χ3v) is 4.32. The summed E-state index contributed by atoms with van der Waals surface area (Å²) in [6.45, 7) is 12.6. The van der Waals surface area contributed by atoms with Gasteiger partial charge < -0.3 is 16.4 Å². The fourth-order valence-electron chi connectivity index (χ4n) is 2.99. The second-order valence-electron chi connectivity index (χ2n) is 9.31. The highest BCUT2D eigenvalue weighted by molar-refractivity contribution is 5.93. The van der Waals surface area contributed by atoms with Gasteiger partial charge in [-0.15, -0.1) is 0 Å². The minimum absolute atomic E-state index is 0.0681. The molecule has 1 rings (SSSR count). The number of ketones is 1. The van der Waals surface area contributed by atoms with Crippen LogP contribution in [0.3, 0.4) is 0 Å². The number of hydrogen-bond donors (Lipinski definition) is 3. The number of hydrogen-bond acceptors (Lipinski definition) is 3. The molecule has 27 heavy (non-hydrogen) atoms. The zero-order valence-corrected chi connectivity index (χ0v) is 17.9. The maximum atomic E-state index is 13.1. The van der Waals surface area contributed by atoms with E-state index in [4.69, 9.17) is 0 Å². The van der Waals surface area contributed by atoms with Crippen LogP contribution in [0.2, 0.25) is 0 Å². The van der Waals surface area contributed by atoms with Gasteiger partial charge in [0.15, 0.2) is 5.78 Å². The predicted octanol–water partition coefficient (Wildman–Crippen LogP) is 2.11. The van der Waals surface area contributed by atoms with Gasteiger partial charge in [-0.1, -0.05) is 51.1 Å². The fourth-order valence-corrected chi connectivity index (χ4v) is 2.99. The molecular formula is C22H38N3O2+. The van der Waals surface area contributed by atoms with Crippen LogP contribution in [0.5, 0.6) is 0 Å². The first-order valence-electron chi connectivity index (χ1n) is 9.89. The van der Waals surface area contributed by atoms with E-state index in [2.05, 4.69) is 16.4 Å². The van der Waals surface area contributed by atoms with E-state index in [1.165, 1.54) is 0 Å². The minimum atomic E-state index is -0.495. The molecule has 0 heterocycles. The molecule has 0 aliphatic rings. The lowest BCUT2D eigenvalue weighted by Gasteiger charge is -2.31. The molecule has 0 aliphatic carbocycles. The van der Waals surface area contributed by atoms with Gasteiger partial charge in [-0.2, -0.15) is 0 Å². The molecule has 0 aliphatic heterocycles. The van der Waals surface area contributed by atoms with E-state index in [0.717, 1.165) is 18.5 Å². The van der Waals surface area contributed by atoms with Gasteiger partial charge in [-0.3, -0.25) is 9.59 Å². The molecule has 5 N–H and O–H groups in total. The highest BCUT2D eigenvalue weighted by Gasteiger charge is 2.33. The highest BCUT2D eigenvalue weighted by atomic mass is 16.2. The lowest BCUT2D eigenvalue weighted by atomic mass is 9.84. The van der Waals surface area contributed by atoms with Crippen LogP contribution in [0, 0.1) is 5.41 Å². The molecule has 5 heteroatoms. The Kier molecular flexibility index (Phi) is 8.63. The molecule has 152 valence electrons. The monoisotopic (exact) mass is 376 g/mol. The number of quaternary nitrogens is 1. The largest absolute Gasteiger partial charge is 0.358 e.